The van der Waals surface area contributed by atoms with E-state index in [0.717, 1.165) is 17.0 Å². The molecule has 0 N–H and O–H groups in total. The number of halogens is 1. The molecule has 3 heterocycles. The van der Waals surface area contributed by atoms with Gasteiger partial charge in [0.05, 0.1) is 28.2 Å². The molecule has 3 rings (SSSR count). The summed E-state index contributed by atoms with van der Waals surface area (Å²) in [6.07, 6.45) is 6.42. The molecule has 0 saturated heterocycles. The minimum atomic E-state index is -0.170. The maximum Gasteiger partial charge on any atom is 0.165 e. The Hall–Kier alpha value is -2.73. The highest BCUT2D eigenvalue weighted by molar-refractivity contribution is 6.34. The molecule has 0 fully saturated rings. The number of aromatic nitrogens is 4. The van der Waals surface area contributed by atoms with Crippen LogP contribution in [0.5, 0.6) is 5.75 Å². The monoisotopic (exact) mass is 370 g/mol. The lowest BCUT2D eigenvalue weighted by molar-refractivity contribution is 0.101. The van der Waals surface area contributed by atoms with Crippen molar-refractivity contribution in [3.63, 3.8) is 0 Å². The number of nitrogens with zero attached hydrogens (tertiary/aromatic N) is 4. The van der Waals surface area contributed by atoms with Crippen LogP contribution in [-0.4, -0.2) is 25.5 Å². The van der Waals surface area contributed by atoms with Gasteiger partial charge >= 0.3 is 0 Å². The number of carbonyl (C=O) groups excluding carboxylic acids is 1. The third-order valence-electron chi connectivity index (χ3n) is 3.89. The van der Waals surface area contributed by atoms with Gasteiger partial charge in [-0.3, -0.25) is 19.4 Å². The van der Waals surface area contributed by atoms with Crippen LogP contribution in [0.3, 0.4) is 0 Å². The van der Waals surface area contributed by atoms with Gasteiger partial charge in [-0.05, 0) is 32.9 Å². The van der Waals surface area contributed by atoms with Gasteiger partial charge in [0.2, 0.25) is 0 Å². The Bertz CT molecular complexity index is 937. The Labute approximate surface area is 156 Å². The molecule has 6 nitrogen and oxygen atoms in total. The molecule has 7 heteroatoms. The fraction of sp³-hybridized carbons (Fsp3) is 0.263. The average Bonchev–Trinajstić information content (AvgIpc) is 3.09. The Morgan fingerprint density at radius 3 is 2.81 bits per heavy atom. The van der Waals surface area contributed by atoms with Gasteiger partial charge in [-0.2, -0.15) is 5.10 Å². The van der Waals surface area contributed by atoms with Crippen molar-refractivity contribution in [1.82, 2.24) is 19.7 Å². The van der Waals surface area contributed by atoms with Crippen molar-refractivity contribution in [3.05, 3.63) is 59.1 Å². The van der Waals surface area contributed by atoms with E-state index in [9.17, 15) is 4.79 Å². The third kappa shape index (κ3) is 3.60. The summed E-state index contributed by atoms with van der Waals surface area (Å²) in [5, 5.41) is 4.64. The summed E-state index contributed by atoms with van der Waals surface area (Å²) in [6, 6.07) is 5.91. The molecule has 134 valence electrons. The molecule has 0 aliphatic rings. The lowest BCUT2D eigenvalue weighted by Gasteiger charge is -2.15. The molecular weight excluding hydrogens is 352 g/mol. The maximum atomic E-state index is 11.9. The first kappa shape index (κ1) is 18.1. The fourth-order valence-corrected chi connectivity index (χ4v) is 3.01. The first-order valence-corrected chi connectivity index (χ1v) is 8.62. The second-order valence-corrected chi connectivity index (χ2v) is 6.51. The summed E-state index contributed by atoms with van der Waals surface area (Å²) < 4.78 is 7.78. The largest absolute Gasteiger partial charge is 0.486 e. The Morgan fingerprint density at radius 1 is 1.27 bits per heavy atom. The summed E-state index contributed by atoms with van der Waals surface area (Å²) in [5.74, 6) is 0.189. The van der Waals surface area contributed by atoms with E-state index < -0.39 is 0 Å². The van der Waals surface area contributed by atoms with Gasteiger partial charge in [0.15, 0.2) is 5.78 Å². The molecule has 0 amide bonds. The SMILES string of the molecule is CC(=O)c1c(Cl)cncc1OCc1cccnc1-c1ccnn1C(C)C. The molecule has 0 aliphatic carbocycles. The Morgan fingerprint density at radius 2 is 2.08 bits per heavy atom. The number of carbonyl (C=O) groups is 1. The standard InChI is InChI=1S/C19H19ClN4O2/c1-12(2)24-16(6-8-23-24)19-14(5-4-7-22-19)11-26-17-10-21-9-15(20)18(17)13(3)25/h4-10,12H,11H2,1-3H3. The third-order valence-corrected chi connectivity index (χ3v) is 4.18. The lowest BCUT2D eigenvalue weighted by Crippen LogP contribution is -2.08. The van der Waals surface area contributed by atoms with E-state index in [2.05, 4.69) is 28.9 Å². The summed E-state index contributed by atoms with van der Waals surface area (Å²) in [7, 11) is 0. The van der Waals surface area contributed by atoms with Crippen molar-refractivity contribution in [3.8, 4) is 17.1 Å². The number of ether oxygens (including phenoxy) is 1. The molecule has 0 atom stereocenters. The van der Waals surface area contributed by atoms with E-state index in [1.807, 2.05) is 22.9 Å². The van der Waals surface area contributed by atoms with Crippen LogP contribution in [0.25, 0.3) is 11.4 Å². The zero-order chi connectivity index (χ0) is 18.7. The fourth-order valence-electron chi connectivity index (χ4n) is 2.72. The van der Waals surface area contributed by atoms with Crippen molar-refractivity contribution in [2.45, 2.75) is 33.4 Å². The lowest BCUT2D eigenvalue weighted by atomic mass is 10.1. The van der Waals surface area contributed by atoms with Gasteiger partial charge in [0.1, 0.15) is 12.4 Å². The average molecular weight is 371 g/mol. The van der Waals surface area contributed by atoms with E-state index in [0.29, 0.717) is 11.3 Å². The van der Waals surface area contributed by atoms with Crippen molar-refractivity contribution in [2.75, 3.05) is 0 Å². The number of hydrogen-bond acceptors (Lipinski definition) is 5. The second-order valence-electron chi connectivity index (χ2n) is 6.11. The van der Waals surface area contributed by atoms with Crippen LogP contribution in [0, 0.1) is 0 Å². The van der Waals surface area contributed by atoms with Crippen molar-refractivity contribution >= 4 is 17.4 Å². The van der Waals surface area contributed by atoms with Crippen LogP contribution in [0.2, 0.25) is 5.02 Å². The highest BCUT2D eigenvalue weighted by atomic mass is 35.5. The highest BCUT2D eigenvalue weighted by Gasteiger charge is 2.17. The molecule has 26 heavy (non-hydrogen) atoms. The summed E-state index contributed by atoms with van der Waals surface area (Å²) in [4.78, 5) is 20.4. The first-order valence-electron chi connectivity index (χ1n) is 8.24. The van der Waals surface area contributed by atoms with Gasteiger partial charge in [0.25, 0.3) is 0 Å². The first-order chi connectivity index (χ1) is 12.5. The smallest absolute Gasteiger partial charge is 0.165 e. The molecule has 0 bridgehead atoms. The quantitative estimate of drug-likeness (QED) is 0.603. The Kier molecular flexibility index (Phi) is 5.32. The molecule has 0 radical (unpaired) electrons. The topological polar surface area (TPSA) is 69.9 Å². The molecule has 0 aliphatic heterocycles. The molecular formula is C19H19ClN4O2. The molecule has 0 aromatic carbocycles. The van der Waals surface area contributed by atoms with Crippen molar-refractivity contribution in [2.24, 2.45) is 0 Å². The summed E-state index contributed by atoms with van der Waals surface area (Å²) in [6.45, 7) is 5.80. The van der Waals surface area contributed by atoms with Gasteiger partial charge in [-0.1, -0.05) is 17.7 Å². The van der Waals surface area contributed by atoms with Crippen LogP contribution in [-0.2, 0) is 6.61 Å². The number of rotatable bonds is 6. The van der Waals surface area contributed by atoms with E-state index in [1.165, 1.54) is 19.3 Å². The molecule has 3 aromatic heterocycles. The van der Waals surface area contributed by atoms with Crippen LogP contribution in [0.1, 0.15) is 42.7 Å². The minimum absolute atomic E-state index is 0.170. The number of hydrogen-bond donors (Lipinski definition) is 0. The van der Waals surface area contributed by atoms with Crippen LogP contribution in [0.4, 0.5) is 0 Å². The number of Topliss-reactive ketones (excluding diaryl/α,β-unsaturated/α-hetero) is 1. The zero-order valence-corrected chi connectivity index (χ0v) is 15.6. The predicted octanol–water partition coefficient (Wildman–Crippen LogP) is 4.36. The van der Waals surface area contributed by atoms with Gasteiger partial charge in [0, 0.05) is 30.2 Å². The van der Waals surface area contributed by atoms with E-state index in [1.54, 1.807) is 12.4 Å². The van der Waals surface area contributed by atoms with Crippen molar-refractivity contribution < 1.29 is 9.53 Å². The molecule has 0 saturated carbocycles. The van der Waals surface area contributed by atoms with Gasteiger partial charge in [-0.15, -0.1) is 0 Å². The summed E-state index contributed by atoms with van der Waals surface area (Å²) >= 11 is 6.09. The highest BCUT2D eigenvalue weighted by Crippen LogP contribution is 2.28. The maximum absolute atomic E-state index is 11.9. The predicted molar refractivity (Wildman–Crippen MR) is 99.4 cm³/mol. The van der Waals surface area contributed by atoms with E-state index in [-0.39, 0.29) is 23.5 Å². The van der Waals surface area contributed by atoms with E-state index in [4.69, 9.17) is 16.3 Å². The number of pyridine rings is 2. The van der Waals surface area contributed by atoms with Gasteiger partial charge in [-0.25, -0.2) is 0 Å². The number of ketones is 1. The van der Waals surface area contributed by atoms with Crippen LogP contribution in [0.15, 0.2) is 43.0 Å². The van der Waals surface area contributed by atoms with Crippen LogP contribution >= 0.6 is 11.6 Å². The summed E-state index contributed by atoms with van der Waals surface area (Å²) in [5.41, 5.74) is 2.91. The molecule has 0 unspecified atom stereocenters. The minimum Gasteiger partial charge on any atom is -0.486 e. The van der Waals surface area contributed by atoms with Gasteiger partial charge < -0.3 is 4.74 Å². The molecule has 0 spiro atoms. The normalized spacial score (nSPS) is 11.0. The molecule has 3 aromatic rings. The second kappa shape index (κ2) is 7.66. The van der Waals surface area contributed by atoms with Crippen molar-refractivity contribution in [1.29, 1.82) is 0 Å². The van der Waals surface area contributed by atoms with E-state index >= 15 is 0 Å². The van der Waals surface area contributed by atoms with Crippen LogP contribution < -0.4 is 4.74 Å². The zero-order valence-electron chi connectivity index (χ0n) is 14.8. The Balaban J connectivity index is 1.93.